The molecule has 5 rings (SSSR count). The van der Waals surface area contributed by atoms with Crippen molar-refractivity contribution in [3.63, 3.8) is 0 Å². The second kappa shape index (κ2) is 8.47. The van der Waals surface area contributed by atoms with E-state index in [-0.39, 0.29) is 11.1 Å². The third kappa shape index (κ3) is 4.05. The second-order valence-corrected chi connectivity index (χ2v) is 9.06. The van der Waals surface area contributed by atoms with Gasteiger partial charge in [-0.2, -0.15) is 0 Å². The van der Waals surface area contributed by atoms with Crippen molar-refractivity contribution in [3.8, 4) is 11.4 Å². The number of aromatic nitrogens is 2. The Labute approximate surface area is 198 Å². The summed E-state index contributed by atoms with van der Waals surface area (Å²) in [6.07, 6.45) is 1.70. The number of thioether (sulfide) groups is 1. The van der Waals surface area contributed by atoms with E-state index >= 15 is 0 Å². The molecule has 2 heterocycles. The summed E-state index contributed by atoms with van der Waals surface area (Å²) >= 11 is 13.2. The molecule has 1 saturated heterocycles. The number of nitrogens with zero attached hydrogens (tertiary/aromatic N) is 2. The lowest BCUT2D eigenvalue weighted by atomic mass is 10.1. The van der Waals surface area contributed by atoms with Crippen LogP contribution in [0.2, 0.25) is 10.0 Å². The van der Waals surface area contributed by atoms with Crippen molar-refractivity contribution in [3.05, 3.63) is 92.8 Å². The topological polar surface area (TPSA) is 64.0 Å². The van der Waals surface area contributed by atoms with Crippen LogP contribution >= 0.6 is 35.0 Å². The van der Waals surface area contributed by atoms with Crippen molar-refractivity contribution >= 4 is 63.2 Å². The van der Waals surface area contributed by atoms with Gasteiger partial charge >= 0.3 is 0 Å². The molecule has 0 radical (unpaired) electrons. The largest absolute Gasteiger partial charge is 0.319 e. The van der Waals surface area contributed by atoms with Crippen LogP contribution in [-0.4, -0.2) is 20.7 Å². The average Bonchev–Trinajstić information content (AvgIpc) is 3.30. The molecule has 1 fully saturated rings. The minimum absolute atomic E-state index is 0.353. The molecule has 0 bridgehead atoms. The number of carbonyl (C=O) groups excluding carboxylic acids is 2. The van der Waals surface area contributed by atoms with Crippen LogP contribution in [0.1, 0.15) is 11.1 Å². The molecular formula is C24H15Cl2N3O2S. The number of para-hydroxylation sites is 2. The molecule has 2 amide bonds. The number of hydrogen-bond donors (Lipinski definition) is 1. The fourth-order valence-corrected chi connectivity index (χ4v) is 4.58. The molecule has 8 heteroatoms. The first-order valence-electron chi connectivity index (χ1n) is 9.72. The monoisotopic (exact) mass is 479 g/mol. The third-order valence-corrected chi connectivity index (χ3v) is 6.64. The minimum atomic E-state index is -0.368. The number of carbonyl (C=O) groups is 2. The fourth-order valence-electron chi connectivity index (χ4n) is 3.58. The summed E-state index contributed by atoms with van der Waals surface area (Å²) in [5.41, 5.74) is 4.68. The highest BCUT2D eigenvalue weighted by atomic mass is 35.5. The second-order valence-electron chi connectivity index (χ2n) is 7.23. The molecular weight excluding hydrogens is 465 g/mol. The molecule has 0 unspecified atom stereocenters. The molecule has 1 N–H and O–H groups in total. The normalized spacial score (nSPS) is 15.0. The predicted octanol–water partition coefficient (Wildman–Crippen LogP) is 6.38. The summed E-state index contributed by atoms with van der Waals surface area (Å²) in [6, 6.07) is 21.3. The molecule has 1 aliphatic rings. The van der Waals surface area contributed by atoms with E-state index in [9.17, 15) is 9.59 Å². The van der Waals surface area contributed by atoms with Gasteiger partial charge in [0.15, 0.2) is 0 Å². The van der Waals surface area contributed by atoms with Crippen LogP contribution in [0.4, 0.5) is 4.79 Å². The van der Waals surface area contributed by atoms with Crippen LogP contribution in [-0.2, 0) is 11.3 Å². The molecule has 5 nitrogen and oxygen atoms in total. The summed E-state index contributed by atoms with van der Waals surface area (Å²) in [4.78, 5) is 28.4. The van der Waals surface area contributed by atoms with Crippen LogP contribution in [0.3, 0.4) is 0 Å². The number of imide groups is 1. The van der Waals surface area contributed by atoms with E-state index in [1.807, 2.05) is 60.7 Å². The number of amides is 2. The highest BCUT2D eigenvalue weighted by Crippen LogP contribution is 2.30. The molecule has 0 atom stereocenters. The van der Waals surface area contributed by atoms with Gasteiger partial charge in [0.25, 0.3) is 11.1 Å². The maximum atomic E-state index is 11.8. The van der Waals surface area contributed by atoms with E-state index in [1.165, 1.54) is 0 Å². The summed E-state index contributed by atoms with van der Waals surface area (Å²) in [5, 5.41) is 2.94. The van der Waals surface area contributed by atoms with Crippen LogP contribution in [0.5, 0.6) is 0 Å². The quantitative estimate of drug-likeness (QED) is 0.344. The number of nitrogens with one attached hydrogen (secondary N) is 1. The number of halogens is 2. The summed E-state index contributed by atoms with van der Waals surface area (Å²) in [5.74, 6) is 0.451. The van der Waals surface area contributed by atoms with E-state index in [0.29, 0.717) is 21.5 Å². The smallest absolute Gasteiger partial charge is 0.290 e. The van der Waals surface area contributed by atoms with Gasteiger partial charge in [-0.15, -0.1) is 0 Å². The number of rotatable bonds is 4. The van der Waals surface area contributed by atoms with Crippen LogP contribution in [0.15, 0.2) is 71.6 Å². The first kappa shape index (κ1) is 20.8. The molecule has 0 spiro atoms. The molecule has 0 saturated carbocycles. The Hall–Kier alpha value is -3.06. The number of hydrogen-bond acceptors (Lipinski definition) is 4. The Bertz CT molecular complexity index is 1410. The van der Waals surface area contributed by atoms with E-state index in [2.05, 4.69) is 9.88 Å². The van der Waals surface area contributed by atoms with Gasteiger partial charge in [0.2, 0.25) is 0 Å². The van der Waals surface area contributed by atoms with Crippen molar-refractivity contribution < 1.29 is 9.59 Å². The lowest BCUT2D eigenvalue weighted by Crippen LogP contribution is -2.17. The van der Waals surface area contributed by atoms with Gasteiger partial charge in [0, 0.05) is 12.1 Å². The Morgan fingerprint density at radius 2 is 1.75 bits per heavy atom. The van der Waals surface area contributed by atoms with Gasteiger partial charge < -0.3 is 4.57 Å². The Kier molecular flexibility index (Phi) is 5.51. The minimum Gasteiger partial charge on any atom is -0.319 e. The standard InChI is InChI=1S/C24H15Cl2N3O2S/c25-17-10-7-15(11-18(17)26)13-29-20-4-2-1-3-19(20)27-22(29)16-8-5-14(6-9-16)12-21-23(30)28-24(31)32-21/h1-12H,13H2,(H,28,30,31)/b21-12+. The van der Waals surface area contributed by atoms with Crippen LogP contribution < -0.4 is 5.32 Å². The van der Waals surface area contributed by atoms with E-state index in [0.717, 1.165) is 45.3 Å². The van der Waals surface area contributed by atoms with Crippen molar-refractivity contribution in [1.82, 2.24) is 14.9 Å². The fraction of sp³-hybridized carbons (Fsp3) is 0.0417. The third-order valence-electron chi connectivity index (χ3n) is 5.09. The average molecular weight is 480 g/mol. The van der Waals surface area contributed by atoms with Crippen molar-refractivity contribution in [1.29, 1.82) is 0 Å². The highest BCUT2D eigenvalue weighted by molar-refractivity contribution is 8.18. The van der Waals surface area contributed by atoms with Gasteiger partial charge in [-0.05, 0) is 53.2 Å². The molecule has 1 aliphatic heterocycles. The van der Waals surface area contributed by atoms with Crippen molar-refractivity contribution in [2.75, 3.05) is 0 Å². The highest BCUT2D eigenvalue weighted by Gasteiger charge is 2.24. The van der Waals surface area contributed by atoms with Gasteiger partial charge in [-0.1, -0.05) is 65.7 Å². The summed E-state index contributed by atoms with van der Waals surface area (Å²) in [6.45, 7) is 0.581. The van der Waals surface area contributed by atoms with Gasteiger partial charge in [0.1, 0.15) is 5.82 Å². The zero-order valence-corrected chi connectivity index (χ0v) is 18.8. The molecule has 158 valence electrons. The zero-order chi connectivity index (χ0) is 22.2. The van der Waals surface area contributed by atoms with E-state index in [4.69, 9.17) is 28.2 Å². The maximum Gasteiger partial charge on any atom is 0.290 e. The lowest BCUT2D eigenvalue weighted by molar-refractivity contribution is -0.115. The number of fused-ring (bicyclic) bond motifs is 1. The van der Waals surface area contributed by atoms with Crippen molar-refractivity contribution in [2.24, 2.45) is 0 Å². The lowest BCUT2D eigenvalue weighted by Gasteiger charge is -2.11. The maximum absolute atomic E-state index is 11.8. The Morgan fingerprint density at radius 1 is 0.969 bits per heavy atom. The van der Waals surface area contributed by atoms with E-state index in [1.54, 1.807) is 12.1 Å². The molecule has 32 heavy (non-hydrogen) atoms. The Morgan fingerprint density at radius 3 is 2.47 bits per heavy atom. The van der Waals surface area contributed by atoms with Crippen LogP contribution in [0, 0.1) is 0 Å². The predicted molar refractivity (Wildman–Crippen MR) is 130 cm³/mol. The van der Waals surface area contributed by atoms with Crippen LogP contribution in [0.25, 0.3) is 28.5 Å². The first-order valence-corrected chi connectivity index (χ1v) is 11.3. The van der Waals surface area contributed by atoms with E-state index < -0.39 is 0 Å². The summed E-state index contributed by atoms with van der Waals surface area (Å²) < 4.78 is 2.14. The zero-order valence-electron chi connectivity index (χ0n) is 16.5. The molecule has 0 aliphatic carbocycles. The van der Waals surface area contributed by atoms with Crippen molar-refractivity contribution in [2.45, 2.75) is 6.54 Å². The van der Waals surface area contributed by atoms with Gasteiger partial charge in [0.05, 0.1) is 26.0 Å². The molecule has 4 aromatic rings. The van der Waals surface area contributed by atoms with Gasteiger partial charge in [-0.3, -0.25) is 14.9 Å². The first-order chi connectivity index (χ1) is 15.5. The SMILES string of the molecule is O=C1NC(=O)/C(=C\c2ccc(-c3nc4ccccc4n3Cc3ccc(Cl)c(Cl)c3)cc2)S1. The van der Waals surface area contributed by atoms with Gasteiger partial charge in [-0.25, -0.2) is 4.98 Å². The summed E-state index contributed by atoms with van der Waals surface area (Å²) in [7, 11) is 0. The molecule has 3 aromatic carbocycles. The number of imidazole rings is 1. The number of benzene rings is 3. The molecule has 1 aromatic heterocycles. The Balaban J connectivity index is 1.53.